The zero-order chi connectivity index (χ0) is 10.4. The highest BCUT2D eigenvalue weighted by Crippen LogP contribution is 2.19. The van der Waals surface area contributed by atoms with E-state index < -0.39 is 5.97 Å². The molecule has 72 valence electrons. The van der Waals surface area contributed by atoms with Crippen molar-refractivity contribution in [1.82, 2.24) is 0 Å². The van der Waals surface area contributed by atoms with Gasteiger partial charge in [-0.3, -0.25) is 0 Å². The van der Waals surface area contributed by atoms with E-state index in [1.165, 1.54) is 0 Å². The first-order valence-corrected chi connectivity index (χ1v) is 3.86. The number of phenolic OH excluding ortho intramolecular Hbond substituents is 2. The molecule has 0 aromatic heterocycles. The van der Waals surface area contributed by atoms with Crippen molar-refractivity contribution in [3.8, 4) is 11.5 Å². The largest absolute Gasteiger partial charge is 0.508 e. The minimum Gasteiger partial charge on any atom is -0.508 e. The van der Waals surface area contributed by atoms with Crippen molar-refractivity contribution in [3.05, 3.63) is 23.8 Å². The molecule has 4 heteroatoms. The van der Waals surface area contributed by atoms with Crippen LogP contribution < -0.4 is 0 Å². The Bertz CT molecular complexity index is 273. The van der Waals surface area contributed by atoms with Gasteiger partial charge in [-0.05, 0) is 12.1 Å². The lowest BCUT2D eigenvalue weighted by Crippen LogP contribution is -1.94. The molecule has 0 radical (unpaired) electrons. The van der Waals surface area contributed by atoms with Gasteiger partial charge in [-0.25, -0.2) is 4.79 Å². The third kappa shape index (κ3) is 3.46. The lowest BCUT2D eigenvalue weighted by molar-refractivity contribution is 0.0696. The fourth-order valence-corrected chi connectivity index (χ4v) is 0.719. The number of aromatic hydroxyl groups is 2. The Balaban J connectivity index is 0.000000671. The van der Waals surface area contributed by atoms with E-state index in [0.717, 1.165) is 18.2 Å². The van der Waals surface area contributed by atoms with Crippen molar-refractivity contribution < 1.29 is 20.1 Å². The number of phenols is 2. The predicted octanol–water partition coefficient (Wildman–Crippen LogP) is 1.82. The Morgan fingerprint density at radius 1 is 1.08 bits per heavy atom. The van der Waals surface area contributed by atoms with Gasteiger partial charge in [0.1, 0.15) is 11.5 Å². The number of carboxylic acids is 1. The molecule has 1 aromatic rings. The highest BCUT2D eigenvalue weighted by molar-refractivity contribution is 5.88. The van der Waals surface area contributed by atoms with Crippen LogP contribution in [0.3, 0.4) is 0 Å². The van der Waals surface area contributed by atoms with Crippen LogP contribution >= 0.6 is 0 Å². The Morgan fingerprint density at radius 3 is 1.77 bits per heavy atom. The van der Waals surface area contributed by atoms with E-state index in [9.17, 15) is 4.79 Å². The van der Waals surface area contributed by atoms with E-state index in [-0.39, 0.29) is 17.1 Å². The van der Waals surface area contributed by atoms with E-state index in [2.05, 4.69) is 0 Å². The van der Waals surface area contributed by atoms with Crippen LogP contribution in [-0.2, 0) is 0 Å². The summed E-state index contributed by atoms with van der Waals surface area (Å²) in [5.74, 6) is -1.71. The molecule has 0 saturated carbocycles. The molecule has 0 aliphatic carbocycles. The van der Waals surface area contributed by atoms with E-state index in [1.54, 1.807) is 0 Å². The maximum absolute atomic E-state index is 10.3. The fraction of sp³-hybridized carbons (Fsp3) is 0.222. The summed E-state index contributed by atoms with van der Waals surface area (Å²) in [6.07, 6.45) is 0. The number of rotatable bonds is 1. The summed E-state index contributed by atoms with van der Waals surface area (Å²) < 4.78 is 0. The zero-order valence-corrected chi connectivity index (χ0v) is 7.48. The Hall–Kier alpha value is -1.71. The first-order chi connectivity index (χ1) is 6.09. The van der Waals surface area contributed by atoms with Crippen LogP contribution in [0.25, 0.3) is 0 Å². The Morgan fingerprint density at radius 2 is 1.46 bits per heavy atom. The summed E-state index contributed by atoms with van der Waals surface area (Å²) >= 11 is 0. The number of carboxylic acid groups (broad SMARTS) is 1. The lowest BCUT2D eigenvalue weighted by Gasteiger charge is -1.96. The summed E-state index contributed by atoms with van der Waals surface area (Å²) in [7, 11) is 0. The van der Waals surface area contributed by atoms with Gasteiger partial charge in [-0.1, -0.05) is 13.8 Å². The van der Waals surface area contributed by atoms with E-state index in [4.69, 9.17) is 15.3 Å². The second kappa shape index (κ2) is 5.03. The third-order valence-corrected chi connectivity index (χ3v) is 1.15. The van der Waals surface area contributed by atoms with Crippen molar-refractivity contribution in [2.45, 2.75) is 13.8 Å². The molecule has 0 aliphatic heterocycles. The van der Waals surface area contributed by atoms with Gasteiger partial charge in [-0.2, -0.15) is 0 Å². The summed E-state index contributed by atoms with van der Waals surface area (Å²) in [4.78, 5) is 10.3. The van der Waals surface area contributed by atoms with Crippen molar-refractivity contribution in [2.24, 2.45) is 0 Å². The standard InChI is InChI=1S/C7H6O4.C2H6/c8-5-1-4(7(10)11)2-6(9)3-5;1-2/h1-3,8-9H,(H,10,11);1-2H3. The smallest absolute Gasteiger partial charge is 0.335 e. The molecule has 0 unspecified atom stereocenters. The Labute approximate surface area is 76.1 Å². The maximum Gasteiger partial charge on any atom is 0.335 e. The lowest BCUT2D eigenvalue weighted by atomic mass is 10.2. The minimum atomic E-state index is -1.18. The average Bonchev–Trinajstić information content (AvgIpc) is 2.06. The van der Waals surface area contributed by atoms with Crippen molar-refractivity contribution in [3.63, 3.8) is 0 Å². The second-order valence-electron chi connectivity index (χ2n) is 2.04. The van der Waals surface area contributed by atoms with Crippen LogP contribution in [0, 0.1) is 0 Å². The van der Waals surface area contributed by atoms with Crippen molar-refractivity contribution in [2.75, 3.05) is 0 Å². The van der Waals surface area contributed by atoms with Gasteiger partial charge >= 0.3 is 5.97 Å². The quantitative estimate of drug-likeness (QED) is 0.622. The number of aromatic carboxylic acids is 1. The molecule has 0 spiro atoms. The van der Waals surface area contributed by atoms with Gasteiger partial charge in [0.25, 0.3) is 0 Å². The van der Waals surface area contributed by atoms with Crippen LogP contribution in [0.5, 0.6) is 11.5 Å². The molecule has 0 fully saturated rings. The summed E-state index contributed by atoms with van der Waals surface area (Å²) in [5, 5.41) is 26.1. The van der Waals surface area contributed by atoms with Gasteiger partial charge < -0.3 is 15.3 Å². The van der Waals surface area contributed by atoms with E-state index >= 15 is 0 Å². The first kappa shape index (κ1) is 11.3. The van der Waals surface area contributed by atoms with Crippen LogP contribution in [0.4, 0.5) is 0 Å². The normalized spacial score (nSPS) is 8.46. The third-order valence-electron chi connectivity index (χ3n) is 1.15. The molecule has 0 amide bonds. The molecular weight excluding hydrogens is 172 g/mol. The topological polar surface area (TPSA) is 77.8 Å². The molecular formula is C9H12O4. The molecule has 1 rings (SSSR count). The molecule has 0 atom stereocenters. The summed E-state index contributed by atoms with van der Waals surface area (Å²) in [6.45, 7) is 4.00. The molecule has 0 aliphatic rings. The number of benzene rings is 1. The summed E-state index contributed by atoms with van der Waals surface area (Å²) in [6, 6.07) is 3.18. The van der Waals surface area contributed by atoms with Crippen molar-refractivity contribution >= 4 is 5.97 Å². The molecule has 0 bridgehead atoms. The molecule has 13 heavy (non-hydrogen) atoms. The Kier molecular flexibility index (Phi) is 4.37. The fourth-order valence-electron chi connectivity index (χ4n) is 0.719. The van der Waals surface area contributed by atoms with E-state index in [0.29, 0.717) is 0 Å². The van der Waals surface area contributed by atoms with E-state index in [1.807, 2.05) is 13.8 Å². The van der Waals surface area contributed by atoms with Gasteiger partial charge in [0.05, 0.1) is 5.56 Å². The molecule has 0 heterocycles. The average molecular weight is 184 g/mol. The number of carbonyl (C=O) groups is 1. The van der Waals surface area contributed by atoms with Gasteiger partial charge in [-0.15, -0.1) is 0 Å². The minimum absolute atomic E-state index is 0.137. The number of hydrogen-bond donors (Lipinski definition) is 3. The zero-order valence-electron chi connectivity index (χ0n) is 7.48. The van der Waals surface area contributed by atoms with Crippen LogP contribution in [-0.4, -0.2) is 21.3 Å². The highest BCUT2D eigenvalue weighted by Gasteiger charge is 2.04. The van der Waals surface area contributed by atoms with Crippen LogP contribution in [0.1, 0.15) is 24.2 Å². The molecule has 1 aromatic carbocycles. The molecule has 0 saturated heterocycles. The van der Waals surface area contributed by atoms with Gasteiger partial charge in [0.2, 0.25) is 0 Å². The number of hydrogen-bond acceptors (Lipinski definition) is 3. The molecule has 3 N–H and O–H groups in total. The van der Waals surface area contributed by atoms with Crippen LogP contribution in [0.2, 0.25) is 0 Å². The SMILES string of the molecule is CC.O=C(O)c1cc(O)cc(O)c1. The highest BCUT2D eigenvalue weighted by atomic mass is 16.4. The predicted molar refractivity (Wildman–Crippen MR) is 48.1 cm³/mol. The van der Waals surface area contributed by atoms with Crippen LogP contribution in [0.15, 0.2) is 18.2 Å². The first-order valence-electron chi connectivity index (χ1n) is 3.86. The molecule has 4 nitrogen and oxygen atoms in total. The maximum atomic E-state index is 10.3. The van der Waals surface area contributed by atoms with Crippen molar-refractivity contribution in [1.29, 1.82) is 0 Å². The summed E-state index contributed by atoms with van der Waals surface area (Å²) in [5.41, 5.74) is -0.137. The monoisotopic (exact) mass is 184 g/mol. The van der Waals surface area contributed by atoms with Gasteiger partial charge in [0, 0.05) is 6.07 Å². The second-order valence-corrected chi connectivity index (χ2v) is 2.04. The van der Waals surface area contributed by atoms with Gasteiger partial charge in [0.15, 0.2) is 0 Å².